The van der Waals surface area contributed by atoms with Gasteiger partial charge < -0.3 is 14.6 Å². The van der Waals surface area contributed by atoms with Crippen molar-refractivity contribution in [1.82, 2.24) is 4.57 Å². The van der Waals surface area contributed by atoms with Gasteiger partial charge in [-0.2, -0.15) is 0 Å². The third kappa shape index (κ3) is 4.00. The molecule has 0 aliphatic rings. The van der Waals surface area contributed by atoms with Gasteiger partial charge in [0, 0.05) is 19.2 Å². The Kier molecular flexibility index (Phi) is 5.21. The van der Waals surface area contributed by atoms with Crippen LogP contribution >= 0.6 is 0 Å². The zero-order valence-electron chi connectivity index (χ0n) is 13.9. The fourth-order valence-corrected chi connectivity index (χ4v) is 2.33. The molecule has 1 N–H and O–H groups in total. The number of hydrogen-bond acceptors (Lipinski definition) is 3. The zero-order valence-corrected chi connectivity index (χ0v) is 13.9. The van der Waals surface area contributed by atoms with Crippen molar-refractivity contribution in [3.63, 3.8) is 0 Å². The summed E-state index contributed by atoms with van der Waals surface area (Å²) >= 11 is 0. The molecule has 0 saturated heterocycles. The number of benzene rings is 1. The summed E-state index contributed by atoms with van der Waals surface area (Å²) in [7, 11) is 3.28. The summed E-state index contributed by atoms with van der Waals surface area (Å²) in [5.41, 5.74) is 1.96. The molecule has 23 heavy (non-hydrogen) atoms. The minimum Gasteiger partial charge on any atom is -0.497 e. The quantitative estimate of drug-likeness (QED) is 0.922. The Bertz CT molecular complexity index is 748. The fraction of sp³-hybridized carbons (Fsp3) is 0.333. The summed E-state index contributed by atoms with van der Waals surface area (Å²) in [6.45, 7) is 3.66. The molecule has 0 saturated carbocycles. The van der Waals surface area contributed by atoms with E-state index in [0.717, 1.165) is 16.9 Å². The first-order valence-electron chi connectivity index (χ1n) is 7.52. The van der Waals surface area contributed by atoms with E-state index in [0.29, 0.717) is 12.1 Å². The lowest BCUT2D eigenvalue weighted by Gasteiger charge is -2.14. The molecule has 1 atom stereocenters. The van der Waals surface area contributed by atoms with Crippen molar-refractivity contribution >= 4 is 11.6 Å². The Morgan fingerprint density at radius 1 is 1.26 bits per heavy atom. The fourth-order valence-electron chi connectivity index (χ4n) is 2.33. The second kappa shape index (κ2) is 7.13. The summed E-state index contributed by atoms with van der Waals surface area (Å²) < 4.78 is 6.58. The summed E-state index contributed by atoms with van der Waals surface area (Å²) in [6.07, 6.45) is 2.29. The standard InChI is InChI=1S/C18H22N2O3/c1-12-9-10-20(3)18(22)16(12)19-17(21)13(2)11-14-5-7-15(23-4)8-6-14/h5-10,13H,11H2,1-4H3,(H,19,21). The lowest BCUT2D eigenvalue weighted by molar-refractivity contribution is -0.119. The highest BCUT2D eigenvalue weighted by Gasteiger charge is 2.16. The van der Waals surface area contributed by atoms with Gasteiger partial charge in [-0.25, -0.2) is 0 Å². The maximum Gasteiger partial charge on any atom is 0.274 e. The first kappa shape index (κ1) is 16.8. The number of aryl methyl sites for hydroxylation is 2. The van der Waals surface area contributed by atoms with Crippen molar-refractivity contribution in [1.29, 1.82) is 0 Å². The first-order valence-corrected chi connectivity index (χ1v) is 7.52. The molecule has 0 aliphatic heterocycles. The summed E-state index contributed by atoms with van der Waals surface area (Å²) in [4.78, 5) is 24.5. The van der Waals surface area contributed by atoms with Gasteiger partial charge in [0.2, 0.25) is 5.91 Å². The molecule has 5 heteroatoms. The van der Waals surface area contributed by atoms with Gasteiger partial charge in [-0.05, 0) is 42.7 Å². The number of amides is 1. The van der Waals surface area contributed by atoms with Crippen molar-refractivity contribution < 1.29 is 9.53 Å². The van der Waals surface area contributed by atoms with E-state index in [9.17, 15) is 9.59 Å². The van der Waals surface area contributed by atoms with Crippen LogP contribution in [0.15, 0.2) is 41.3 Å². The van der Waals surface area contributed by atoms with Gasteiger partial charge in [0.05, 0.1) is 7.11 Å². The molecule has 1 aromatic heterocycles. The van der Waals surface area contributed by atoms with Crippen LogP contribution in [-0.2, 0) is 18.3 Å². The minimum absolute atomic E-state index is 0.160. The lowest BCUT2D eigenvalue weighted by Crippen LogP contribution is -2.28. The van der Waals surface area contributed by atoms with Gasteiger partial charge in [-0.15, -0.1) is 0 Å². The van der Waals surface area contributed by atoms with E-state index in [2.05, 4.69) is 5.32 Å². The molecule has 1 unspecified atom stereocenters. The molecule has 0 aliphatic carbocycles. The Balaban J connectivity index is 2.08. The number of anilines is 1. The molecule has 1 amide bonds. The van der Waals surface area contributed by atoms with Crippen LogP contribution in [0.4, 0.5) is 5.69 Å². The van der Waals surface area contributed by atoms with Gasteiger partial charge in [0.25, 0.3) is 5.56 Å². The number of nitrogens with one attached hydrogen (secondary N) is 1. The van der Waals surface area contributed by atoms with E-state index in [-0.39, 0.29) is 17.4 Å². The molecule has 2 rings (SSSR count). The highest BCUT2D eigenvalue weighted by atomic mass is 16.5. The molecule has 0 fully saturated rings. The number of carbonyl (C=O) groups is 1. The molecule has 5 nitrogen and oxygen atoms in total. The molecule has 1 heterocycles. The predicted octanol–water partition coefficient (Wildman–Crippen LogP) is 2.52. The maximum absolute atomic E-state index is 12.4. The van der Waals surface area contributed by atoms with E-state index >= 15 is 0 Å². The van der Waals surface area contributed by atoms with E-state index in [1.54, 1.807) is 20.4 Å². The van der Waals surface area contributed by atoms with E-state index in [1.165, 1.54) is 4.57 Å². The third-order valence-corrected chi connectivity index (χ3v) is 3.87. The normalized spacial score (nSPS) is 11.8. The molecular formula is C18H22N2O3. The summed E-state index contributed by atoms with van der Waals surface area (Å²) in [6, 6.07) is 9.43. The van der Waals surface area contributed by atoms with Crippen molar-refractivity contribution in [2.45, 2.75) is 20.3 Å². The van der Waals surface area contributed by atoms with Crippen molar-refractivity contribution in [2.75, 3.05) is 12.4 Å². The third-order valence-electron chi connectivity index (χ3n) is 3.87. The number of methoxy groups -OCH3 is 1. The molecule has 0 bridgehead atoms. The molecule has 1 aromatic carbocycles. The van der Waals surface area contributed by atoms with Crippen LogP contribution in [0.25, 0.3) is 0 Å². The molecule has 0 spiro atoms. The molecular weight excluding hydrogens is 292 g/mol. The van der Waals surface area contributed by atoms with Gasteiger partial charge >= 0.3 is 0 Å². The largest absolute Gasteiger partial charge is 0.497 e. The number of pyridine rings is 1. The van der Waals surface area contributed by atoms with Crippen molar-refractivity contribution in [2.24, 2.45) is 13.0 Å². The van der Waals surface area contributed by atoms with Crippen LogP contribution in [0.3, 0.4) is 0 Å². The number of hydrogen-bond donors (Lipinski definition) is 1. The predicted molar refractivity (Wildman–Crippen MR) is 90.9 cm³/mol. The summed E-state index contributed by atoms with van der Waals surface area (Å²) in [5, 5.41) is 2.76. The monoisotopic (exact) mass is 314 g/mol. The van der Waals surface area contributed by atoms with Crippen molar-refractivity contribution in [3.05, 3.63) is 58.0 Å². The van der Waals surface area contributed by atoms with Crippen LogP contribution in [0, 0.1) is 12.8 Å². The van der Waals surface area contributed by atoms with Gasteiger partial charge in [-0.1, -0.05) is 19.1 Å². The zero-order chi connectivity index (χ0) is 17.0. The highest BCUT2D eigenvalue weighted by Crippen LogP contribution is 2.16. The van der Waals surface area contributed by atoms with Crippen LogP contribution in [0.5, 0.6) is 5.75 Å². The number of carbonyl (C=O) groups excluding carboxylic acids is 1. The van der Waals surface area contributed by atoms with Crippen LogP contribution < -0.4 is 15.6 Å². The summed E-state index contributed by atoms with van der Waals surface area (Å²) in [5.74, 6) is 0.384. The van der Waals surface area contributed by atoms with Gasteiger partial charge in [0.1, 0.15) is 11.4 Å². The van der Waals surface area contributed by atoms with E-state index in [4.69, 9.17) is 4.74 Å². The average molecular weight is 314 g/mol. The Morgan fingerprint density at radius 3 is 2.52 bits per heavy atom. The smallest absolute Gasteiger partial charge is 0.274 e. The molecule has 0 radical (unpaired) electrons. The minimum atomic E-state index is -0.243. The van der Waals surface area contributed by atoms with Crippen LogP contribution in [-0.4, -0.2) is 17.6 Å². The maximum atomic E-state index is 12.4. The highest BCUT2D eigenvalue weighted by molar-refractivity contribution is 5.92. The number of rotatable bonds is 5. The molecule has 2 aromatic rings. The van der Waals surface area contributed by atoms with Crippen LogP contribution in [0.1, 0.15) is 18.1 Å². The topological polar surface area (TPSA) is 60.3 Å². The SMILES string of the molecule is COc1ccc(CC(C)C(=O)Nc2c(C)ccn(C)c2=O)cc1. The Hall–Kier alpha value is -2.56. The van der Waals surface area contributed by atoms with E-state index in [1.807, 2.05) is 44.2 Å². The number of nitrogens with zero attached hydrogens (tertiary/aromatic N) is 1. The lowest BCUT2D eigenvalue weighted by atomic mass is 10.00. The van der Waals surface area contributed by atoms with Gasteiger partial charge in [-0.3, -0.25) is 9.59 Å². The average Bonchev–Trinajstić information content (AvgIpc) is 2.55. The first-order chi connectivity index (χ1) is 10.9. The number of aromatic nitrogens is 1. The van der Waals surface area contributed by atoms with Crippen LogP contribution in [0.2, 0.25) is 0 Å². The number of ether oxygens (including phenoxy) is 1. The molecule has 122 valence electrons. The Labute approximate surface area is 135 Å². The Morgan fingerprint density at radius 2 is 1.91 bits per heavy atom. The van der Waals surface area contributed by atoms with Crippen molar-refractivity contribution in [3.8, 4) is 5.75 Å². The second-order valence-electron chi connectivity index (χ2n) is 5.73. The second-order valence-corrected chi connectivity index (χ2v) is 5.73. The van der Waals surface area contributed by atoms with E-state index < -0.39 is 0 Å². The van der Waals surface area contributed by atoms with Gasteiger partial charge in [0.15, 0.2) is 0 Å².